The zero-order valence-corrected chi connectivity index (χ0v) is 24.0. The van der Waals surface area contributed by atoms with E-state index in [-0.39, 0.29) is 6.54 Å². The average Bonchev–Trinajstić information content (AvgIpc) is 3.02. The highest BCUT2D eigenvalue weighted by Gasteiger charge is 2.34. The van der Waals surface area contributed by atoms with Gasteiger partial charge in [0.15, 0.2) is 12.2 Å². The van der Waals surface area contributed by atoms with Gasteiger partial charge in [0.25, 0.3) is 11.8 Å². The molecule has 1 aliphatic heterocycles. The normalized spacial score (nSPS) is 14.9. The molecule has 2 atom stereocenters. The van der Waals surface area contributed by atoms with Crippen molar-refractivity contribution in [3.63, 3.8) is 0 Å². The number of nitrogens with zero attached hydrogens (tertiary/aromatic N) is 3. The number of fused-ring (bicyclic) bond motifs is 1. The molecular formula is C32H33ClN4O5. The molecule has 3 aromatic carbocycles. The third kappa shape index (κ3) is 6.82. The first-order valence-corrected chi connectivity index (χ1v) is 14.2. The van der Waals surface area contributed by atoms with Crippen molar-refractivity contribution in [1.29, 1.82) is 0 Å². The van der Waals surface area contributed by atoms with E-state index < -0.39 is 24.0 Å². The van der Waals surface area contributed by atoms with Gasteiger partial charge in [-0.1, -0.05) is 54.1 Å². The molecule has 10 heteroatoms. The van der Waals surface area contributed by atoms with Gasteiger partial charge in [0.05, 0.1) is 16.2 Å². The van der Waals surface area contributed by atoms with Crippen LogP contribution in [0.5, 0.6) is 5.75 Å². The molecule has 9 nitrogen and oxygen atoms in total. The Kier molecular flexibility index (Phi) is 9.22. The number of rotatable bonds is 9. The number of ether oxygens (including phenoxy) is 1. The van der Waals surface area contributed by atoms with E-state index in [9.17, 15) is 19.8 Å². The molecule has 0 bridgehead atoms. The third-order valence-corrected chi connectivity index (χ3v) is 7.61. The minimum absolute atomic E-state index is 0.0851. The molecule has 4 aromatic rings. The van der Waals surface area contributed by atoms with E-state index in [1.54, 1.807) is 12.1 Å². The summed E-state index contributed by atoms with van der Waals surface area (Å²) >= 11 is 6.28. The number of halogens is 1. The van der Waals surface area contributed by atoms with Crippen molar-refractivity contribution in [1.82, 2.24) is 15.2 Å². The lowest BCUT2D eigenvalue weighted by atomic mass is 10.1. The lowest BCUT2D eigenvalue weighted by molar-refractivity contribution is -0.153. The minimum Gasteiger partial charge on any atom is -0.489 e. The number of aliphatic hydroxyl groups excluding tert-OH is 2. The van der Waals surface area contributed by atoms with E-state index in [1.807, 2.05) is 73.7 Å². The van der Waals surface area contributed by atoms with Crippen LogP contribution >= 0.6 is 11.6 Å². The van der Waals surface area contributed by atoms with Crippen LogP contribution < -0.4 is 15.0 Å². The van der Waals surface area contributed by atoms with Crippen molar-refractivity contribution in [2.24, 2.45) is 0 Å². The molecule has 0 aliphatic carbocycles. The van der Waals surface area contributed by atoms with Gasteiger partial charge >= 0.3 is 0 Å². The van der Waals surface area contributed by atoms with E-state index >= 15 is 0 Å². The number of carbonyl (C=O) groups excluding carboxylic acids is 2. The lowest BCUT2D eigenvalue weighted by Crippen LogP contribution is -2.55. The van der Waals surface area contributed by atoms with Crippen LogP contribution in [-0.2, 0) is 22.7 Å². The van der Waals surface area contributed by atoms with Crippen LogP contribution in [0.25, 0.3) is 10.9 Å². The maximum atomic E-state index is 12.8. The monoisotopic (exact) mass is 588 g/mol. The molecule has 1 saturated heterocycles. The summed E-state index contributed by atoms with van der Waals surface area (Å²) in [6.45, 7) is 4.07. The van der Waals surface area contributed by atoms with E-state index in [0.29, 0.717) is 43.6 Å². The standard InChI is InChI=1S/C32H33ClN4O5/c1-21-17-23(25-9-2-4-11-27(25)35-21)20-42-24-8-6-7-22(18-24)19-34-31(40)29(38)30(39)32(41)37-15-13-36(14-16-37)28-12-5-3-10-26(28)33/h2-12,17-18,29-30,38-39H,13-16,19-20H2,1H3,(H,34,40)/t29-,30-/m1/s1. The molecule has 0 saturated carbocycles. The Morgan fingerprint density at radius 1 is 0.952 bits per heavy atom. The van der Waals surface area contributed by atoms with E-state index in [2.05, 4.69) is 15.2 Å². The number of para-hydroxylation sites is 2. The van der Waals surface area contributed by atoms with E-state index in [1.165, 1.54) is 4.90 Å². The maximum Gasteiger partial charge on any atom is 0.254 e. The van der Waals surface area contributed by atoms with Gasteiger partial charge < -0.3 is 30.1 Å². The number of carbonyl (C=O) groups is 2. The van der Waals surface area contributed by atoms with Gasteiger partial charge in [-0.2, -0.15) is 0 Å². The molecule has 1 aromatic heterocycles. The van der Waals surface area contributed by atoms with Crippen molar-refractivity contribution in [3.8, 4) is 5.75 Å². The molecule has 2 amide bonds. The Morgan fingerprint density at radius 3 is 2.48 bits per heavy atom. The Hall–Kier alpha value is -4.18. The predicted molar refractivity (Wildman–Crippen MR) is 161 cm³/mol. The van der Waals surface area contributed by atoms with Gasteiger partial charge in [-0.15, -0.1) is 0 Å². The second-order valence-corrected chi connectivity index (χ2v) is 10.7. The van der Waals surface area contributed by atoms with Crippen LogP contribution in [0.15, 0.2) is 78.9 Å². The van der Waals surface area contributed by atoms with Crippen LogP contribution in [0.1, 0.15) is 16.8 Å². The summed E-state index contributed by atoms with van der Waals surface area (Å²) in [5, 5.41) is 25.2. The molecule has 1 aliphatic rings. The SMILES string of the molecule is Cc1cc(COc2cccc(CNC(=O)[C@H](O)[C@@H](O)C(=O)N3CCN(c4ccccc4Cl)CC3)c2)c2ccccc2n1. The number of hydrogen-bond acceptors (Lipinski definition) is 7. The van der Waals surface area contributed by atoms with Gasteiger partial charge in [-0.05, 0) is 48.9 Å². The average molecular weight is 589 g/mol. The fourth-order valence-corrected chi connectivity index (χ4v) is 5.31. The Bertz CT molecular complexity index is 1570. The van der Waals surface area contributed by atoms with Gasteiger partial charge in [-0.25, -0.2) is 0 Å². The lowest BCUT2D eigenvalue weighted by Gasteiger charge is -2.37. The number of hydrogen-bond donors (Lipinski definition) is 3. The van der Waals surface area contributed by atoms with Crippen molar-refractivity contribution in [3.05, 3.63) is 101 Å². The number of pyridine rings is 1. The van der Waals surface area contributed by atoms with Gasteiger partial charge in [0, 0.05) is 49.4 Å². The van der Waals surface area contributed by atoms with E-state index in [4.69, 9.17) is 16.3 Å². The zero-order valence-electron chi connectivity index (χ0n) is 23.2. The van der Waals surface area contributed by atoms with E-state index in [0.717, 1.165) is 33.4 Å². The topological polar surface area (TPSA) is 115 Å². The maximum absolute atomic E-state index is 12.8. The summed E-state index contributed by atoms with van der Waals surface area (Å²) < 4.78 is 6.04. The number of piperazine rings is 1. The molecule has 0 spiro atoms. The quantitative estimate of drug-likeness (QED) is 0.274. The second kappa shape index (κ2) is 13.2. The summed E-state index contributed by atoms with van der Waals surface area (Å²) in [5.74, 6) is -0.909. The molecule has 0 unspecified atom stereocenters. The molecule has 0 radical (unpaired) electrons. The molecule has 2 heterocycles. The van der Waals surface area contributed by atoms with Crippen molar-refractivity contribution >= 4 is 40.0 Å². The van der Waals surface area contributed by atoms with Crippen LogP contribution in [0.4, 0.5) is 5.69 Å². The highest BCUT2D eigenvalue weighted by molar-refractivity contribution is 6.33. The van der Waals surface area contributed by atoms with Gasteiger partial charge in [-0.3, -0.25) is 14.6 Å². The first-order valence-electron chi connectivity index (χ1n) is 13.8. The number of benzene rings is 3. The molecule has 1 fully saturated rings. The molecule has 3 N–H and O–H groups in total. The Labute approximate surface area is 249 Å². The molecule has 42 heavy (non-hydrogen) atoms. The first-order chi connectivity index (χ1) is 20.3. The highest BCUT2D eigenvalue weighted by Crippen LogP contribution is 2.26. The van der Waals surface area contributed by atoms with Gasteiger partial charge in [0.1, 0.15) is 12.4 Å². The first kappa shape index (κ1) is 29.3. The fourth-order valence-electron chi connectivity index (χ4n) is 5.06. The Morgan fingerprint density at radius 2 is 1.69 bits per heavy atom. The predicted octanol–water partition coefficient (Wildman–Crippen LogP) is 3.46. The van der Waals surface area contributed by atoms with Crippen LogP contribution in [-0.4, -0.2) is 70.3 Å². The minimum atomic E-state index is -1.90. The number of aliphatic hydroxyl groups is 2. The largest absolute Gasteiger partial charge is 0.489 e. The number of aromatic nitrogens is 1. The number of aryl methyl sites for hydroxylation is 1. The molecular weight excluding hydrogens is 556 g/mol. The number of amides is 2. The molecule has 218 valence electrons. The van der Waals surface area contributed by atoms with Crippen molar-refractivity contribution in [2.45, 2.75) is 32.3 Å². The third-order valence-electron chi connectivity index (χ3n) is 7.29. The summed E-state index contributed by atoms with van der Waals surface area (Å²) in [6, 6.07) is 24.6. The number of nitrogens with one attached hydrogen (secondary N) is 1. The van der Waals surface area contributed by atoms with Gasteiger partial charge in [0.2, 0.25) is 0 Å². The van der Waals surface area contributed by atoms with Crippen LogP contribution in [0, 0.1) is 6.92 Å². The van der Waals surface area contributed by atoms with Crippen LogP contribution in [0.2, 0.25) is 5.02 Å². The summed E-state index contributed by atoms with van der Waals surface area (Å²) in [6.07, 6.45) is -3.77. The van der Waals surface area contributed by atoms with Crippen molar-refractivity contribution < 1.29 is 24.5 Å². The fraction of sp³-hybridized carbons (Fsp3) is 0.281. The summed E-state index contributed by atoms with van der Waals surface area (Å²) in [7, 11) is 0. The highest BCUT2D eigenvalue weighted by atomic mass is 35.5. The smallest absolute Gasteiger partial charge is 0.254 e. The number of anilines is 1. The zero-order chi connectivity index (χ0) is 29.6. The second-order valence-electron chi connectivity index (χ2n) is 10.2. The van der Waals surface area contributed by atoms with Crippen LogP contribution in [0.3, 0.4) is 0 Å². The van der Waals surface area contributed by atoms with Crippen molar-refractivity contribution in [2.75, 3.05) is 31.1 Å². The summed E-state index contributed by atoms with van der Waals surface area (Å²) in [4.78, 5) is 33.5. The molecule has 5 rings (SSSR count). The Balaban J connectivity index is 1.12. The summed E-state index contributed by atoms with van der Waals surface area (Å²) in [5.41, 5.74) is 4.44.